The highest BCUT2D eigenvalue weighted by Crippen LogP contribution is 2.35. The Hall–Kier alpha value is -3.56. The van der Waals surface area contributed by atoms with Gasteiger partial charge in [0.25, 0.3) is 5.91 Å². The van der Waals surface area contributed by atoms with E-state index in [-0.39, 0.29) is 11.5 Å². The monoisotopic (exact) mass is 426 g/mol. The SMILES string of the molecule is CCc1nc(C(C)F)c(C(=O)N2CCc3[nH]cnc3[C@@H]2c2cc3c(F)cccn3n2)o1. The zero-order chi connectivity index (χ0) is 21.7. The van der Waals surface area contributed by atoms with Gasteiger partial charge in [0.2, 0.25) is 5.76 Å². The molecule has 1 aliphatic heterocycles. The van der Waals surface area contributed by atoms with E-state index in [0.29, 0.717) is 42.2 Å². The van der Waals surface area contributed by atoms with Crippen molar-refractivity contribution in [1.29, 1.82) is 0 Å². The van der Waals surface area contributed by atoms with Crippen LogP contribution >= 0.6 is 0 Å². The van der Waals surface area contributed by atoms with Gasteiger partial charge < -0.3 is 14.3 Å². The maximum atomic E-state index is 14.3. The molecule has 0 saturated carbocycles. The number of pyridine rings is 1. The summed E-state index contributed by atoms with van der Waals surface area (Å²) >= 11 is 0. The molecule has 1 aliphatic rings. The number of oxazole rings is 1. The zero-order valence-electron chi connectivity index (χ0n) is 17.0. The summed E-state index contributed by atoms with van der Waals surface area (Å²) in [6.45, 7) is 3.47. The second-order valence-electron chi connectivity index (χ2n) is 7.46. The van der Waals surface area contributed by atoms with Crippen LogP contribution in [0.15, 0.2) is 35.1 Å². The smallest absolute Gasteiger partial charge is 0.292 e. The lowest BCUT2D eigenvalue weighted by Crippen LogP contribution is -2.41. The van der Waals surface area contributed by atoms with E-state index in [1.54, 1.807) is 24.7 Å². The van der Waals surface area contributed by atoms with Crippen LogP contribution in [0.4, 0.5) is 8.78 Å². The molecule has 160 valence electrons. The summed E-state index contributed by atoms with van der Waals surface area (Å²) in [6, 6.07) is 3.82. The quantitative estimate of drug-likeness (QED) is 0.539. The van der Waals surface area contributed by atoms with Crippen molar-refractivity contribution in [3.63, 3.8) is 0 Å². The summed E-state index contributed by atoms with van der Waals surface area (Å²) in [5.74, 6) is -0.742. The molecular formula is C21H20F2N6O2. The number of carbonyl (C=O) groups is 1. The van der Waals surface area contributed by atoms with Gasteiger partial charge in [-0.15, -0.1) is 0 Å². The van der Waals surface area contributed by atoms with E-state index in [2.05, 4.69) is 20.1 Å². The Bertz CT molecular complexity index is 1270. The molecule has 1 N–H and O–H groups in total. The van der Waals surface area contributed by atoms with E-state index in [1.807, 2.05) is 6.92 Å². The van der Waals surface area contributed by atoms with Gasteiger partial charge in [0.1, 0.15) is 29.2 Å². The van der Waals surface area contributed by atoms with Crippen molar-refractivity contribution in [2.24, 2.45) is 0 Å². The number of aryl methyl sites for hydroxylation is 1. The predicted octanol–water partition coefficient (Wildman–Crippen LogP) is 3.57. The van der Waals surface area contributed by atoms with Gasteiger partial charge in [0.05, 0.1) is 17.7 Å². The first-order valence-corrected chi connectivity index (χ1v) is 10.1. The lowest BCUT2D eigenvalue weighted by molar-refractivity contribution is 0.0648. The zero-order valence-corrected chi connectivity index (χ0v) is 17.0. The highest BCUT2D eigenvalue weighted by molar-refractivity contribution is 5.93. The minimum atomic E-state index is -1.46. The molecule has 2 atom stereocenters. The third-order valence-corrected chi connectivity index (χ3v) is 5.51. The Labute approximate surface area is 175 Å². The molecule has 4 aromatic rings. The number of alkyl halides is 1. The van der Waals surface area contributed by atoms with Gasteiger partial charge in [0.15, 0.2) is 5.89 Å². The second kappa shape index (κ2) is 7.29. The normalized spacial score (nSPS) is 17.2. The number of H-pyrrole nitrogens is 1. The predicted molar refractivity (Wildman–Crippen MR) is 106 cm³/mol. The van der Waals surface area contributed by atoms with Crippen LogP contribution in [0, 0.1) is 5.82 Å². The molecule has 5 rings (SSSR count). The molecule has 0 radical (unpaired) electrons. The van der Waals surface area contributed by atoms with Gasteiger partial charge in [-0.25, -0.2) is 23.3 Å². The molecular weight excluding hydrogens is 406 g/mol. The van der Waals surface area contributed by atoms with Crippen LogP contribution in [0.2, 0.25) is 0 Å². The minimum Gasteiger partial charge on any atom is -0.435 e. The maximum Gasteiger partial charge on any atom is 0.292 e. The summed E-state index contributed by atoms with van der Waals surface area (Å²) in [7, 11) is 0. The van der Waals surface area contributed by atoms with Gasteiger partial charge in [-0.05, 0) is 25.1 Å². The molecule has 0 bridgehead atoms. The molecule has 0 aromatic carbocycles. The standard InChI is InChI=1S/C21H20F2N6O2/c1-3-16-26-17(11(2)22)20(31-16)21(30)28-8-6-13-18(25-10-24-13)19(28)14-9-15-12(23)5-4-7-29(15)27-14/h4-5,7,9-11,19H,3,6,8H2,1-2H3,(H,24,25)/t11?,19-/m0/s1. The number of rotatable bonds is 4. The first-order chi connectivity index (χ1) is 15.0. The van der Waals surface area contributed by atoms with Crippen LogP contribution in [-0.2, 0) is 12.8 Å². The first kappa shape index (κ1) is 19.4. The average Bonchev–Trinajstić information content (AvgIpc) is 3.49. The van der Waals surface area contributed by atoms with E-state index in [1.165, 1.54) is 22.4 Å². The number of carbonyl (C=O) groups excluding carboxylic acids is 1. The van der Waals surface area contributed by atoms with Gasteiger partial charge in [-0.1, -0.05) is 6.92 Å². The number of hydrogen-bond donors (Lipinski definition) is 1. The van der Waals surface area contributed by atoms with Crippen LogP contribution in [-0.4, -0.2) is 41.9 Å². The molecule has 4 aromatic heterocycles. The Balaban J connectivity index is 1.63. The summed E-state index contributed by atoms with van der Waals surface area (Å²) in [4.78, 5) is 26.7. The number of nitrogens with one attached hydrogen (secondary N) is 1. The third-order valence-electron chi connectivity index (χ3n) is 5.51. The Morgan fingerprint density at radius 2 is 2.29 bits per heavy atom. The largest absolute Gasteiger partial charge is 0.435 e. The molecule has 0 aliphatic carbocycles. The fourth-order valence-corrected chi connectivity index (χ4v) is 4.01. The number of imidazole rings is 1. The second-order valence-corrected chi connectivity index (χ2v) is 7.46. The molecule has 5 heterocycles. The number of halogens is 2. The van der Waals surface area contributed by atoms with Crippen molar-refractivity contribution in [2.75, 3.05) is 6.54 Å². The van der Waals surface area contributed by atoms with E-state index in [4.69, 9.17) is 4.42 Å². The van der Waals surface area contributed by atoms with Crippen molar-refractivity contribution in [2.45, 2.75) is 38.9 Å². The van der Waals surface area contributed by atoms with Crippen molar-refractivity contribution >= 4 is 11.4 Å². The van der Waals surface area contributed by atoms with E-state index in [0.717, 1.165) is 5.69 Å². The highest BCUT2D eigenvalue weighted by atomic mass is 19.1. The summed E-state index contributed by atoms with van der Waals surface area (Å²) in [5, 5.41) is 4.49. The molecule has 0 fully saturated rings. The summed E-state index contributed by atoms with van der Waals surface area (Å²) in [5.41, 5.74) is 2.22. The molecule has 10 heteroatoms. The Morgan fingerprint density at radius 3 is 3.03 bits per heavy atom. The number of amides is 1. The number of fused-ring (bicyclic) bond motifs is 2. The van der Waals surface area contributed by atoms with Gasteiger partial charge in [-0.3, -0.25) is 4.79 Å². The van der Waals surface area contributed by atoms with Crippen LogP contribution < -0.4 is 0 Å². The fourth-order valence-electron chi connectivity index (χ4n) is 4.01. The van der Waals surface area contributed by atoms with E-state index in [9.17, 15) is 13.6 Å². The topological polar surface area (TPSA) is 92.3 Å². The molecule has 31 heavy (non-hydrogen) atoms. The minimum absolute atomic E-state index is 0.0190. The van der Waals surface area contributed by atoms with Crippen molar-refractivity contribution < 1.29 is 18.0 Å². The van der Waals surface area contributed by atoms with Gasteiger partial charge >= 0.3 is 0 Å². The van der Waals surface area contributed by atoms with Crippen molar-refractivity contribution in [3.05, 3.63) is 71.0 Å². The lowest BCUT2D eigenvalue weighted by Gasteiger charge is -2.33. The molecule has 0 saturated heterocycles. The average molecular weight is 426 g/mol. The van der Waals surface area contributed by atoms with Gasteiger partial charge in [0, 0.05) is 31.3 Å². The molecule has 1 unspecified atom stereocenters. The van der Waals surface area contributed by atoms with Crippen molar-refractivity contribution in [1.82, 2.24) is 29.5 Å². The number of aromatic nitrogens is 5. The first-order valence-electron chi connectivity index (χ1n) is 10.1. The molecule has 8 nitrogen and oxygen atoms in total. The van der Waals surface area contributed by atoms with Crippen LogP contribution in [0.1, 0.15) is 65.3 Å². The van der Waals surface area contributed by atoms with E-state index < -0.39 is 23.9 Å². The van der Waals surface area contributed by atoms with E-state index >= 15 is 0 Å². The highest BCUT2D eigenvalue weighted by Gasteiger charge is 2.39. The molecule has 1 amide bonds. The van der Waals surface area contributed by atoms with Crippen LogP contribution in [0.25, 0.3) is 5.52 Å². The third kappa shape index (κ3) is 3.09. The summed E-state index contributed by atoms with van der Waals surface area (Å²) < 4.78 is 35.5. The number of hydrogen-bond acceptors (Lipinski definition) is 5. The summed E-state index contributed by atoms with van der Waals surface area (Å²) in [6.07, 6.45) is 2.70. The Morgan fingerprint density at radius 1 is 1.45 bits per heavy atom. The van der Waals surface area contributed by atoms with Crippen LogP contribution in [0.5, 0.6) is 0 Å². The Kier molecular flexibility index (Phi) is 4.57. The number of aromatic amines is 1. The van der Waals surface area contributed by atoms with Crippen molar-refractivity contribution in [3.8, 4) is 0 Å². The molecule has 0 spiro atoms. The van der Waals surface area contributed by atoms with Crippen LogP contribution in [0.3, 0.4) is 0 Å². The lowest BCUT2D eigenvalue weighted by atomic mass is 9.99. The maximum absolute atomic E-state index is 14.3. The fraction of sp³-hybridized carbons (Fsp3) is 0.333. The number of nitrogens with zero attached hydrogens (tertiary/aromatic N) is 5. The van der Waals surface area contributed by atoms with Gasteiger partial charge in [-0.2, -0.15) is 5.10 Å².